The van der Waals surface area contributed by atoms with E-state index in [1.54, 1.807) is 7.11 Å². The van der Waals surface area contributed by atoms with Gasteiger partial charge in [0.25, 0.3) is 0 Å². The molecule has 2 atom stereocenters. The van der Waals surface area contributed by atoms with Crippen LogP contribution in [0.2, 0.25) is 0 Å². The predicted octanol–water partition coefficient (Wildman–Crippen LogP) is 4.44. The van der Waals surface area contributed by atoms with Crippen LogP contribution in [-0.2, 0) is 11.2 Å². The molecule has 0 bridgehead atoms. The highest BCUT2D eigenvalue weighted by molar-refractivity contribution is 5.79. The fraction of sp³-hybridized carbons (Fsp3) is 0.367. The molecule has 3 aromatic rings. The molecular formula is C30H34FN3O2. The van der Waals surface area contributed by atoms with Gasteiger partial charge in [0.05, 0.1) is 13.5 Å². The molecule has 2 heterocycles. The van der Waals surface area contributed by atoms with Crippen molar-refractivity contribution in [3.63, 3.8) is 0 Å². The summed E-state index contributed by atoms with van der Waals surface area (Å²) in [6.07, 6.45) is 0.391. The summed E-state index contributed by atoms with van der Waals surface area (Å²) in [5, 5.41) is 0. The summed E-state index contributed by atoms with van der Waals surface area (Å²) in [5.41, 5.74) is 3.37. The van der Waals surface area contributed by atoms with Crippen molar-refractivity contribution < 1.29 is 13.9 Å². The summed E-state index contributed by atoms with van der Waals surface area (Å²) in [5.74, 6) is 1.47. The number of anilines is 1. The largest absolute Gasteiger partial charge is 0.497 e. The molecule has 188 valence electrons. The maximum Gasteiger partial charge on any atom is 0.227 e. The predicted molar refractivity (Wildman–Crippen MR) is 141 cm³/mol. The maximum atomic E-state index is 13.3. The van der Waals surface area contributed by atoms with Gasteiger partial charge >= 0.3 is 0 Å². The fourth-order valence-electron chi connectivity index (χ4n) is 5.58. The Morgan fingerprint density at radius 3 is 2.39 bits per heavy atom. The molecule has 2 aliphatic rings. The molecule has 36 heavy (non-hydrogen) atoms. The number of nitrogens with zero attached hydrogens (tertiary/aromatic N) is 3. The van der Waals surface area contributed by atoms with Crippen LogP contribution in [0, 0.1) is 11.7 Å². The highest BCUT2D eigenvalue weighted by atomic mass is 19.1. The van der Waals surface area contributed by atoms with Crippen LogP contribution in [0.4, 0.5) is 10.1 Å². The van der Waals surface area contributed by atoms with Gasteiger partial charge in [0.15, 0.2) is 0 Å². The second-order valence-corrected chi connectivity index (χ2v) is 9.87. The summed E-state index contributed by atoms with van der Waals surface area (Å²) >= 11 is 0. The van der Waals surface area contributed by atoms with E-state index in [4.69, 9.17) is 4.74 Å². The third-order valence-electron chi connectivity index (χ3n) is 7.57. The summed E-state index contributed by atoms with van der Waals surface area (Å²) < 4.78 is 18.6. The molecule has 0 spiro atoms. The molecule has 5 nitrogen and oxygen atoms in total. The first-order valence-electron chi connectivity index (χ1n) is 12.8. The van der Waals surface area contributed by atoms with E-state index in [2.05, 4.69) is 39.0 Å². The van der Waals surface area contributed by atoms with Crippen molar-refractivity contribution in [2.24, 2.45) is 5.92 Å². The van der Waals surface area contributed by atoms with E-state index in [-0.39, 0.29) is 11.7 Å². The first-order valence-corrected chi connectivity index (χ1v) is 12.8. The van der Waals surface area contributed by atoms with Crippen LogP contribution >= 0.6 is 0 Å². The molecule has 3 aromatic carbocycles. The Morgan fingerprint density at radius 1 is 0.917 bits per heavy atom. The third kappa shape index (κ3) is 5.71. The first kappa shape index (κ1) is 24.3. The van der Waals surface area contributed by atoms with E-state index in [1.807, 2.05) is 42.5 Å². The molecule has 2 aliphatic heterocycles. The van der Waals surface area contributed by atoms with Crippen LogP contribution in [0.3, 0.4) is 0 Å². The van der Waals surface area contributed by atoms with Gasteiger partial charge in [-0.3, -0.25) is 9.69 Å². The Balaban J connectivity index is 1.24. The number of piperazine rings is 1. The lowest BCUT2D eigenvalue weighted by Crippen LogP contribution is -2.48. The van der Waals surface area contributed by atoms with Gasteiger partial charge in [-0.1, -0.05) is 42.5 Å². The average molecular weight is 488 g/mol. The Kier molecular flexibility index (Phi) is 7.52. The molecule has 2 saturated heterocycles. The molecule has 0 aromatic heterocycles. The van der Waals surface area contributed by atoms with Crippen LogP contribution in [0.1, 0.15) is 17.0 Å². The van der Waals surface area contributed by atoms with Gasteiger partial charge in [-0.25, -0.2) is 4.39 Å². The smallest absolute Gasteiger partial charge is 0.227 e. The zero-order valence-corrected chi connectivity index (χ0v) is 20.9. The number of amides is 1. The topological polar surface area (TPSA) is 36.0 Å². The summed E-state index contributed by atoms with van der Waals surface area (Å²) in [6.45, 7) is 6.29. The number of methoxy groups -OCH3 is 1. The molecule has 0 aliphatic carbocycles. The first-order chi connectivity index (χ1) is 17.6. The van der Waals surface area contributed by atoms with E-state index in [0.29, 0.717) is 18.3 Å². The monoisotopic (exact) mass is 487 g/mol. The second kappa shape index (κ2) is 11.1. The van der Waals surface area contributed by atoms with E-state index in [9.17, 15) is 9.18 Å². The van der Waals surface area contributed by atoms with Gasteiger partial charge in [0.1, 0.15) is 11.6 Å². The molecule has 2 fully saturated rings. The molecule has 2 unspecified atom stereocenters. The van der Waals surface area contributed by atoms with Crippen LogP contribution < -0.4 is 9.64 Å². The third-order valence-corrected chi connectivity index (χ3v) is 7.57. The summed E-state index contributed by atoms with van der Waals surface area (Å²) in [6, 6.07) is 25.2. The Bertz CT molecular complexity index is 1150. The molecular weight excluding hydrogens is 453 g/mol. The number of hydrogen-bond donors (Lipinski definition) is 0. The van der Waals surface area contributed by atoms with Gasteiger partial charge < -0.3 is 14.5 Å². The van der Waals surface area contributed by atoms with Crippen molar-refractivity contribution in [1.29, 1.82) is 0 Å². The molecule has 5 rings (SSSR count). The van der Waals surface area contributed by atoms with Crippen molar-refractivity contribution >= 4 is 11.6 Å². The second-order valence-electron chi connectivity index (χ2n) is 9.87. The van der Waals surface area contributed by atoms with Gasteiger partial charge in [0.2, 0.25) is 5.91 Å². The highest BCUT2D eigenvalue weighted by Crippen LogP contribution is 2.34. The molecule has 0 saturated carbocycles. The fourth-order valence-corrected chi connectivity index (χ4v) is 5.58. The van der Waals surface area contributed by atoms with Crippen molar-refractivity contribution in [2.45, 2.75) is 12.3 Å². The van der Waals surface area contributed by atoms with E-state index in [0.717, 1.165) is 62.8 Å². The number of hydrogen-bond acceptors (Lipinski definition) is 4. The summed E-state index contributed by atoms with van der Waals surface area (Å²) in [4.78, 5) is 20.2. The van der Waals surface area contributed by atoms with Crippen molar-refractivity contribution in [3.05, 3.63) is 95.8 Å². The van der Waals surface area contributed by atoms with Crippen LogP contribution in [-0.4, -0.2) is 68.6 Å². The minimum absolute atomic E-state index is 0.174. The lowest BCUT2D eigenvalue weighted by Gasteiger charge is -2.37. The van der Waals surface area contributed by atoms with Crippen molar-refractivity contribution in [1.82, 2.24) is 9.80 Å². The highest BCUT2D eigenvalue weighted by Gasteiger charge is 2.37. The van der Waals surface area contributed by atoms with Crippen LogP contribution in [0.15, 0.2) is 78.9 Å². The quantitative estimate of drug-likeness (QED) is 0.494. The number of carbonyl (C=O) groups excluding carboxylic acids is 1. The standard InChI is InChI=1S/C30H34FN3O2/c1-36-28-9-5-6-23(18-28)19-30(35)34-21-25(29(22-34)24-7-3-2-4-8-24)20-32-14-16-33(17-15-32)27-12-10-26(31)11-13-27/h2-13,18,25,29H,14-17,19-22H2,1H3. The van der Waals surface area contributed by atoms with E-state index < -0.39 is 0 Å². The Hall–Kier alpha value is -3.38. The number of ether oxygens (including phenoxy) is 1. The molecule has 6 heteroatoms. The van der Waals surface area contributed by atoms with Crippen LogP contribution in [0.25, 0.3) is 0 Å². The van der Waals surface area contributed by atoms with Gasteiger partial charge in [-0.05, 0) is 53.4 Å². The van der Waals surface area contributed by atoms with Crippen molar-refractivity contribution in [3.8, 4) is 5.75 Å². The number of likely N-dealkylation sites (tertiary alicyclic amines) is 1. The minimum atomic E-state index is -0.198. The minimum Gasteiger partial charge on any atom is -0.497 e. The van der Waals surface area contributed by atoms with Gasteiger partial charge in [0, 0.05) is 57.4 Å². The summed E-state index contributed by atoms with van der Waals surface area (Å²) in [7, 11) is 1.65. The van der Waals surface area contributed by atoms with E-state index in [1.165, 1.54) is 17.7 Å². The van der Waals surface area contributed by atoms with E-state index >= 15 is 0 Å². The average Bonchev–Trinajstić information content (AvgIpc) is 3.34. The Morgan fingerprint density at radius 2 is 1.67 bits per heavy atom. The van der Waals surface area contributed by atoms with Crippen molar-refractivity contribution in [2.75, 3.05) is 57.8 Å². The molecule has 0 radical (unpaired) electrons. The Labute approximate surface area is 213 Å². The molecule has 1 amide bonds. The number of benzene rings is 3. The normalized spacial score (nSPS) is 20.5. The number of rotatable bonds is 7. The van der Waals surface area contributed by atoms with Crippen LogP contribution in [0.5, 0.6) is 5.75 Å². The van der Waals surface area contributed by atoms with Gasteiger partial charge in [-0.2, -0.15) is 0 Å². The number of halogens is 1. The van der Waals surface area contributed by atoms with Gasteiger partial charge in [-0.15, -0.1) is 0 Å². The molecule has 0 N–H and O–H groups in total. The maximum absolute atomic E-state index is 13.3. The zero-order chi connectivity index (χ0) is 24.9. The zero-order valence-electron chi connectivity index (χ0n) is 20.9. The lowest BCUT2D eigenvalue weighted by atomic mass is 9.88. The number of carbonyl (C=O) groups is 1. The lowest BCUT2D eigenvalue weighted by molar-refractivity contribution is -0.129. The SMILES string of the molecule is COc1cccc(CC(=O)N2CC(CN3CCN(c4ccc(F)cc4)CC3)C(c3ccccc3)C2)c1.